The topological polar surface area (TPSA) is 41.1 Å². The first-order valence-electron chi connectivity index (χ1n) is 3.82. The molecule has 1 aliphatic rings. The van der Waals surface area contributed by atoms with Gasteiger partial charge in [0.15, 0.2) is 0 Å². The van der Waals surface area contributed by atoms with Crippen molar-refractivity contribution >= 4 is 17.7 Å². The highest BCUT2D eigenvalue weighted by Gasteiger charge is 2.26. The van der Waals surface area contributed by atoms with E-state index in [0.29, 0.717) is 5.25 Å². The fourth-order valence-corrected chi connectivity index (χ4v) is 2.20. The molecule has 1 rings (SSSR count). The van der Waals surface area contributed by atoms with Crippen LogP contribution in [-0.4, -0.2) is 36.5 Å². The molecule has 1 heterocycles. The average molecular weight is 174 g/mol. The largest absolute Gasteiger partial charge is 0.358 e. The maximum Gasteiger partial charge on any atom is 0.238 e. The number of hydrogen-bond donors (Lipinski definition) is 2. The number of carbonyl (C=O) groups excluding carboxylic acids is 1. The number of nitrogens with one attached hydrogen (secondary N) is 2. The summed E-state index contributed by atoms with van der Waals surface area (Å²) in [5.41, 5.74) is 0. The number of amides is 1. The Morgan fingerprint density at radius 1 is 1.73 bits per heavy atom. The molecule has 1 amide bonds. The maximum atomic E-state index is 11.2. The van der Waals surface area contributed by atoms with Crippen LogP contribution < -0.4 is 10.6 Å². The van der Waals surface area contributed by atoms with Crippen LogP contribution in [0, 0.1) is 0 Å². The molecular weight excluding hydrogens is 160 g/mol. The van der Waals surface area contributed by atoms with Crippen LogP contribution in [0.5, 0.6) is 0 Å². The van der Waals surface area contributed by atoms with Crippen molar-refractivity contribution in [2.75, 3.05) is 19.3 Å². The number of thioether (sulfide) groups is 1. The molecule has 4 heteroatoms. The number of hydrogen-bond acceptors (Lipinski definition) is 3. The lowest BCUT2D eigenvalue weighted by molar-refractivity contribution is -0.122. The minimum atomic E-state index is -0.00116. The molecule has 3 nitrogen and oxygen atoms in total. The smallest absolute Gasteiger partial charge is 0.238 e. The van der Waals surface area contributed by atoms with E-state index in [2.05, 4.69) is 17.6 Å². The summed E-state index contributed by atoms with van der Waals surface area (Å²) in [7, 11) is 1.68. The van der Waals surface area contributed by atoms with Crippen LogP contribution in [0.1, 0.15) is 6.92 Å². The van der Waals surface area contributed by atoms with Gasteiger partial charge in [-0.3, -0.25) is 4.79 Å². The van der Waals surface area contributed by atoms with Crippen LogP contribution in [0.2, 0.25) is 0 Å². The molecule has 0 aliphatic carbocycles. The molecule has 0 aromatic rings. The molecule has 1 saturated heterocycles. The van der Waals surface area contributed by atoms with Crippen molar-refractivity contribution in [2.24, 2.45) is 0 Å². The molecule has 2 N–H and O–H groups in total. The average Bonchev–Trinajstić information content (AvgIpc) is 2.04. The van der Waals surface area contributed by atoms with Crippen molar-refractivity contribution in [3.05, 3.63) is 0 Å². The Hall–Kier alpha value is -0.220. The van der Waals surface area contributed by atoms with Crippen LogP contribution in [0.15, 0.2) is 0 Å². The molecule has 64 valence electrons. The minimum absolute atomic E-state index is 0.00116. The van der Waals surface area contributed by atoms with Crippen molar-refractivity contribution in [1.82, 2.24) is 10.6 Å². The van der Waals surface area contributed by atoms with E-state index < -0.39 is 0 Å². The summed E-state index contributed by atoms with van der Waals surface area (Å²) >= 11 is 1.85. The molecule has 0 aromatic carbocycles. The molecule has 0 radical (unpaired) electrons. The normalized spacial score (nSPS) is 31.5. The first kappa shape index (κ1) is 8.87. The summed E-state index contributed by atoms with van der Waals surface area (Å²) in [5, 5.41) is 6.23. The quantitative estimate of drug-likeness (QED) is 0.580. The van der Waals surface area contributed by atoms with Gasteiger partial charge in [0, 0.05) is 24.6 Å². The molecule has 1 fully saturated rings. The van der Waals surface area contributed by atoms with Gasteiger partial charge in [-0.05, 0) is 0 Å². The van der Waals surface area contributed by atoms with E-state index in [-0.39, 0.29) is 11.9 Å². The monoisotopic (exact) mass is 174 g/mol. The van der Waals surface area contributed by atoms with Gasteiger partial charge in [0.2, 0.25) is 5.91 Å². The number of carbonyl (C=O) groups is 1. The van der Waals surface area contributed by atoms with Gasteiger partial charge in [-0.25, -0.2) is 0 Å². The first-order valence-corrected chi connectivity index (χ1v) is 4.87. The summed E-state index contributed by atoms with van der Waals surface area (Å²) in [6.07, 6.45) is 0. The zero-order valence-corrected chi connectivity index (χ0v) is 7.70. The Kier molecular flexibility index (Phi) is 3.20. The van der Waals surface area contributed by atoms with E-state index in [9.17, 15) is 4.79 Å². The molecule has 0 bridgehead atoms. The van der Waals surface area contributed by atoms with Crippen molar-refractivity contribution in [3.63, 3.8) is 0 Å². The minimum Gasteiger partial charge on any atom is -0.358 e. The predicted molar refractivity (Wildman–Crippen MR) is 47.8 cm³/mol. The molecule has 0 aromatic heterocycles. The lowest BCUT2D eigenvalue weighted by Gasteiger charge is -2.27. The highest BCUT2D eigenvalue weighted by atomic mass is 32.2. The Bertz CT molecular complexity index is 151. The van der Waals surface area contributed by atoms with Crippen LogP contribution >= 0.6 is 11.8 Å². The Morgan fingerprint density at radius 3 is 3.00 bits per heavy atom. The van der Waals surface area contributed by atoms with Crippen LogP contribution in [0.4, 0.5) is 0 Å². The summed E-state index contributed by atoms with van der Waals surface area (Å²) in [6.45, 7) is 3.02. The molecule has 2 atom stereocenters. The summed E-state index contributed by atoms with van der Waals surface area (Å²) in [4.78, 5) is 11.2. The SMILES string of the molecule is CNC(=O)C1NCCSC1C. The van der Waals surface area contributed by atoms with Gasteiger partial charge in [-0.1, -0.05) is 6.92 Å². The van der Waals surface area contributed by atoms with Gasteiger partial charge in [0.25, 0.3) is 0 Å². The summed E-state index contributed by atoms with van der Waals surface area (Å²) in [6, 6.07) is -0.00116. The van der Waals surface area contributed by atoms with E-state index in [4.69, 9.17) is 0 Å². The van der Waals surface area contributed by atoms with Crippen LogP contribution in [-0.2, 0) is 4.79 Å². The third-order valence-corrected chi connectivity index (χ3v) is 3.08. The van der Waals surface area contributed by atoms with Gasteiger partial charge < -0.3 is 10.6 Å². The Labute approximate surface area is 71.3 Å². The van der Waals surface area contributed by atoms with Gasteiger partial charge in [-0.2, -0.15) is 11.8 Å². The molecule has 0 spiro atoms. The van der Waals surface area contributed by atoms with Gasteiger partial charge in [0.1, 0.15) is 0 Å². The first-order chi connectivity index (χ1) is 5.25. The van der Waals surface area contributed by atoms with Gasteiger partial charge in [-0.15, -0.1) is 0 Å². The highest BCUT2D eigenvalue weighted by molar-refractivity contribution is 8.00. The second-order valence-corrected chi connectivity index (χ2v) is 4.11. The zero-order chi connectivity index (χ0) is 8.27. The van der Waals surface area contributed by atoms with E-state index in [1.54, 1.807) is 7.05 Å². The van der Waals surface area contributed by atoms with Gasteiger partial charge in [0.05, 0.1) is 6.04 Å². The third kappa shape index (κ3) is 2.10. The van der Waals surface area contributed by atoms with Crippen molar-refractivity contribution < 1.29 is 4.79 Å². The molecule has 2 unspecified atom stereocenters. The van der Waals surface area contributed by atoms with Crippen molar-refractivity contribution in [2.45, 2.75) is 18.2 Å². The predicted octanol–water partition coefficient (Wildman–Crippen LogP) is -0.174. The van der Waals surface area contributed by atoms with Gasteiger partial charge >= 0.3 is 0 Å². The fourth-order valence-electron chi connectivity index (χ4n) is 1.18. The van der Waals surface area contributed by atoms with Crippen molar-refractivity contribution in [1.29, 1.82) is 0 Å². The summed E-state index contributed by atoms with van der Waals surface area (Å²) in [5.74, 6) is 1.21. The maximum absolute atomic E-state index is 11.2. The van der Waals surface area contributed by atoms with E-state index in [1.807, 2.05) is 11.8 Å². The Balaban J connectivity index is 2.47. The molecule has 11 heavy (non-hydrogen) atoms. The van der Waals surface area contributed by atoms with Crippen LogP contribution in [0.3, 0.4) is 0 Å². The van der Waals surface area contributed by atoms with E-state index in [0.717, 1.165) is 12.3 Å². The second kappa shape index (κ2) is 3.97. The van der Waals surface area contributed by atoms with Crippen molar-refractivity contribution in [3.8, 4) is 0 Å². The molecular formula is C7H14N2OS. The fraction of sp³-hybridized carbons (Fsp3) is 0.857. The zero-order valence-electron chi connectivity index (χ0n) is 6.89. The Morgan fingerprint density at radius 2 is 2.45 bits per heavy atom. The standard InChI is InChI=1S/C7H14N2OS/c1-5-6(7(10)8-2)9-3-4-11-5/h5-6,9H,3-4H2,1-2H3,(H,8,10). The number of rotatable bonds is 1. The summed E-state index contributed by atoms with van der Waals surface area (Å²) < 4.78 is 0. The highest BCUT2D eigenvalue weighted by Crippen LogP contribution is 2.17. The second-order valence-electron chi connectivity index (χ2n) is 2.62. The molecule has 1 aliphatic heterocycles. The van der Waals surface area contributed by atoms with E-state index >= 15 is 0 Å². The lowest BCUT2D eigenvalue weighted by Crippen LogP contribution is -2.51. The molecule has 0 saturated carbocycles. The van der Waals surface area contributed by atoms with Crippen LogP contribution in [0.25, 0.3) is 0 Å². The lowest BCUT2D eigenvalue weighted by atomic mass is 10.2. The van der Waals surface area contributed by atoms with E-state index in [1.165, 1.54) is 0 Å². The number of likely N-dealkylation sites (N-methyl/N-ethyl adjacent to an activating group) is 1. The third-order valence-electron chi connectivity index (χ3n) is 1.85.